The Kier molecular flexibility index (Phi) is 7.35. The second kappa shape index (κ2) is 10.5. The molecule has 8 heteroatoms. The molecule has 1 heterocycles. The predicted octanol–water partition coefficient (Wildman–Crippen LogP) is 5.89. The number of hydrogen-bond acceptors (Lipinski definition) is 6. The van der Waals surface area contributed by atoms with E-state index >= 15 is 0 Å². The van der Waals surface area contributed by atoms with Crippen LogP contribution in [0.25, 0.3) is 5.76 Å². The van der Waals surface area contributed by atoms with Gasteiger partial charge in [-0.25, -0.2) is 0 Å². The number of aromatic hydroxyl groups is 1. The summed E-state index contributed by atoms with van der Waals surface area (Å²) in [7, 11) is 0. The first-order chi connectivity index (χ1) is 17.3. The largest absolute Gasteiger partial charge is 0.507 e. The second-order valence-corrected chi connectivity index (χ2v) is 9.08. The number of carbonyl (C=O) groups excluding carboxylic acids is 2. The minimum Gasteiger partial charge on any atom is -0.507 e. The number of ketones is 1. The smallest absolute Gasteiger partial charge is 0.300 e. The van der Waals surface area contributed by atoms with E-state index in [1.165, 1.54) is 11.0 Å². The molecule has 1 atom stereocenters. The topological polar surface area (TPSA) is 96.3 Å². The number of aryl methyl sites for hydroxylation is 1. The Morgan fingerprint density at radius 3 is 2.44 bits per heavy atom. The fraction of sp³-hybridized carbons (Fsp3) is 0.214. The van der Waals surface area contributed by atoms with Crippen molar-refractivity contribution >= 4 is 39.1 Å². The summed E-state index contributed by atoms with van der Waals surface area (Å²) in [5.41, 5.74) is 2.14. The van der Waals surface area contributed by atoms with Gasteiger partial charge in [0.05, 0.1) is 24.8 Å². The first-order valence-corrected chi connectivity index (χ1v) is 12.3. The third-order valence-corrected chi connectivity index (χ3v) is 6.77. The number of halogens is 1. The summed E-state index contributed by atoms with van der Waals surface area (Å²) in [4.78, 5) is 28.1. The molecular weight excluding hydrogens is 526 g/mol. The van der Waals surface area contributed by atoms with Crippen molar-refractivity contribution in [2.45, 2.75) is 26.8 Å². The Labute approximate surface area is 217 Å². The van der Waals surface area contributed by atoms with Crippen LogP contribution in [0.15, 0.2) is 70.7 Å². The molecule has 1 amide bonds. The van der Waals surface area contributed by atoms with Gasteiger partial charge in [-0.2, -0.15) is 0 Å². The number of nitrogens with zero attached hydrogens (tertiary/aromatic N) is 1. The number of amides is 1. The number of phenols is 1. The highest BCUT2D eigenvalue weighted by atomic mass is 79.9. The van der Waals surface area contributed by atoms with Gasteiger partial charge < -0.3 is 19.7 Å². The molecule has 0 bridgehead atoms. The molecule has 36 heavy (non-hydrogen) atoms. The number of hydrogen-bond donors (Lipinski definition) is 2. The summed E-state index contributed by atoms with van der Waals surface area (Å²) in [5.74, 6) is -1.20. The van der Waals surface area contributed by atoms with Crippen molar-refractivity contribution in [3.63, 3.8) is 0 Å². The van der Waals surface area contributed by atoms with Crippen LogP contribution in [0.2, 0.25) is 0 Å². The van der Waals surface area contributed by atoms with Gasteiger partial charge in [-0.1, -0.05) is 34.1 Å². The summed E-state index contributed by atoms with van der Waals surface area (Å²) in [6, 6.07) is 15.7. The molecule has 3 aromatic carbocycles. The van der Waals surface area contributed by atoms with Crippen LogP contribution >= 0.6 is 15.9 Å². The van der Waals surface area contributed by atoms with Crippen LogP contribution in [0, 0.1) is 6.92 Å². The Bertz CT molecular complexity index is 1370. The zero-order valence-corrected chi connectivity index (χ0v) is 21.7. The maximum absolute atomic E-state index is 13.4. The Hall–Kier alpha value is -3.78. The van der Waals surface area contributed by atoms with Crippen molar-refractivity contribution in [2.75, 3.05) is 18.1 Å². The van der Waals surface area contributed by atoms with Crippen LogP contribution in [0.5, 0.6) is 17.2 Å². The van der Waals surface area contributed by atoms with E-state index in [0.717, 1.165) is 10.0 Å². The third-order valence-electron chi connectivity index (χ3n) is 5.88. The molecule has 0 spiro atoms. The fourth-order valence-electron chi connectivity index (χ4n) is 4.22. The van der Waals surface area contributed by atoms with Crippen LogP contribution < -0.4 is 14.4 Å². The van der Waals surface area contributed by atoms with Gasteiger partial charge in [-0.15, -0.1) is 0 Å². The molecule has 7 nitrogen and oxygen atoms in total. The van der Waals surface area contributed by atoms with Gasteiger partial charge in [0.1, 0.15) is 11.5 Å². The lowest BCUT2D eigenvalue weighted by Crippen LogP contribution is -2.29. The molecule has 0 radical (unpaired) electrons. The molecule has 3 aromatic rings. The number of anilines is 1. The number of benzene rings is 3. The minimum absolute atomic E-state index is 0.0586. The van der Waals surface area contributed by atoms with Gasteiger partial charge in [0.2, 0.25) is 0 Å². The highest BCUT2D eigenvalue weighted by Gasteiger charge is 2.47. The lowest BCUT2D eigenvalue weighted by molar-refractivity contribution is -0.132. The van der Waals surface area contributed by atoms with E-state index in [1.54, 1.807) is 61.5 Å². The van der Waals surface area contributed by atoms with Crippen molar-refractivity contribution in [3.05, 3.63) is 87.4 Å². The van der Waals surface area contributed by atoms with Crippen molar-refractivity contribution in [2.24, 2.45) is 0 Å². The van der Waals surface area contributed by atoms with E-state index in [1.807, 2.05) is 13.8 Å². The van der Waals surface area contributed by atoms with Crippen LogP contribution in [0.3, 0.4) is 0 Å². The fourth-order valence-corrected chi connectivity index (χ4v) is 4.47. The Morgan fingerprint density at radius 2 is 1.75 bits per heavy atom. The quantitative estimate of drug-likeness (QED) is 0.216. The molecule has 1 saturated heterocycles. The number of Topliss-reactive ketones (excluding diaryl/α,β-unsaturated/α-hetero) is 1. The van der Waals surface area contributed by atoms with Crippen molar-refractivity contribution in [1.82, 2.24) is 0 Å². The molecule has 1 fully saturated rings. The zero-order chi connectivity index (χ0) is 26.0. The highest BCUT2D eigenvalue weighted by Crippen LogP contribution is 2.44. The molecule has 0 saturated carbocycles. The Morgan fingerprint density at radius 1 is 1.00 bits per heavy atom. The molecule has 1 unspecified atom stereocenters. The molecule has 186 valence electrons. The summed E-state index contributed by atoms with van der Waals surface area (Å²) in [6.07, 6.45) is 0. The van der Waals surface area contributed by atoms with Crippen LogP contribution in [-0.2, 0) is 9.59 Å². The normalized spacial score (nSPS) is 16.9. The van der Waals surface area contributed by atoms with E-state index in [9.17, 15) is 19.8 Å². The van der Waals surface area contributed by atoms with Crippen LogP contribution in [0.4, 0.5) is 5.69 Å². The monoisotopic (exact) mass is 551 g/mol. The molecule has 4 rings (SSSR count). The molecule has 0 aliphatic carbocycles. The molecule has 2 N–H and O–H groups in total. The van der Waals surface area contributed by atoms with Gasteiger partial charge >= 0.3 is 0 Å². The Balaban J connectivity index is 1.96. The number of aliphatic hydroxyl groups excluding tert-OH is 1. The van der Waals surface area contributed by atoms with Crippen LogP contribution in [0.1, 0.15) is 36.6 Å². The van der Waals surface area contributed by atoms with Gasteiger partial charge in [0.25, 0.3) is 11.7 Å². The highest BCUT2D eigenvalue weighted by molar-refractivity contribution is 9.10. The average Bonchev–Trinajstić information content (AvgIpc) is 3.12. The first kappa shape index (κ1) is 25.3. The standard InChI is InChI=1S/C28H26BrNO6/c1-4-35-20-8-6-7-19(15-20)30-25(17-10-12-22(31)23(14-17)36-5-2)24(27(33)28(30)34)26(32)18-9-11-21(29)16(3)13-18/h6-15,25,31-32H,4-5H2,1-3H3/b26-24-. The van der Waals surface area contributed by atoms with E-state index in [-0.39, 0.29) is 22.8 Å². The molecular formula is C28H26BrNO6. The van der Waals surface area contributed by atoms with Crippen molar-refractivity contribution < 1.29 is 29.3 Å². The molecule has 1 aliphatic rings. The van der Waals surface area contributed by atoms with E-state index < -0.39 is 17.7 Å². The molecule has 1 aliphatic heterocycles. The van der Waals surface area contributed by atoms with Crippen molar-refractivity contribution in [1.29, 1.82) is 0 Å². The first-order valence-electron chi connectivity index (χ1n) is 11.5. The number of phenolic OH excluding ortho intramolecular Hbond substituents is 1. The predicted molar refractivity (Wildman–Crippen MR) is 141 cm³/mol. The van der Waals surface area contributed by atoms with E-state index in [0.29, 0.717) is 35.8 Å². The lowest BCUT2D eigenvalue weighted by Gasteiger charge is -2.26. The van der Waals surface area contributed by atoms with Gasteiger partial charge in [-0.3, -0.25) is 14.5 Å². The number of aliphatic hydroxyl groups is 1. The average molecular weight is 552 g/mol. The zero-order valence-electron chi connectivity index (χ0n) is 20.1. The van der Waals surface area contributed by atoms with Crippen LogP contribution in [-0.4, -0.2) is 35.1 Å². The summed E-state index contributed by atoms with van der Waals surface area (Å²) in [5, 5.41) is 21.6. The van der Waals surface area contributed by atoms with Gasteiger partial charge in [-0.05, 0) is 68.3 Å². The third kappa shape index (κ3) is 4.68. The lowest BCUT2D eigenvalue weighted by atomic mass is 9.94. The number of carbonyl (C=O) groups is 2. The maximum atomic E-state index is 13.4. The van der Waals surface area contributed by atoms with Gasteiger partial charge in [0.15, 0.2) is 11.5 Å². The SMILES string of the molecule is CCOc1cccc(N2C(=O)C(=O)/C(=C(\O)c3ccc(Br)c(C)c3)C2c2ccc(O)c(OCC)c2)c1. The number of rotatable bonds is 7. The second-order valence-electron chi connectivity index (χ2n) is 8.22. The number of ether oxygens (including phenoxy) is 2. The minimum atomic E-state index is -0.967. The summed E-state index contributed by atoms with van der Waals surface area (Å²) < 4.78 is 12.0. The summed E-state index contributed by atoms with van der Waals surface area (Å²) in [6.45, 7) is 6.25. The van der Waals surface area contributed by atoms with Gasteiger partial charge in [0, 0.05) is 21.8 Å². The molecule has 0 aromatic heterocycles. The van der Waals surface area contributed by atoms with E-state index in [2.05, 4.69) is 15.9 Å². The maximum Gasteiger partial charge on any atom is 0.300 e. The van der Waals surface area contributed by atoms with Crippen molar-refractivity contribution in [3.8, 4) is 17.2 Å². The van der Waals surface area contributed by atoms with E-state index in [4.69, 9.17) is 9.47 Å². The summed E-state index contributed by atoms with van der Waals surface area (Å²) >= 11 is 3.44.